The SMILES string of the molecule is O=C(O)C(=O)c1c[nH]c2c(Br)ncc(F)c12. The quantitative estimate of drug-likeness (QED) is 0.500. The number of carboxylic acids is 1. The number of Topliss-reactive ketones (excluding diaryl/α,β-unsaturated/α-hetero) is 1. The Labute approximate surface area is 96.4 Å². The lowest BCUT2D eigenvalue weighted by Gasteiger charge is -1.97. The van der Waals surface area contributed by atoms with Crippen LogP contribution < -0.4 is 0 Å². The van der Waals surface area contributed by atoms with E-state index in [0.29, 0.717) is 4.60 Å². The molecule has 0 saturated heterocycles. The number of hydrogen-bond acceptors (Lipinski definition) is 3. The van der Waals surface area contributed by atoms with Crippen molar-refractivity contribution in [3.63, 3.8) is 0 Å². The predicted molar refractivity (Wildman–Crippen MR) is 55.7 cm³/mol. The summed E-state index contributed by atoms with van der Waals surface area (Å²) in [6, 6.07) is 0. The molecule has 0 bridgehead atoms. The standard InChI is InChI=1S/C9H4BrFN2O3/c10-8-6-5(4(11)2-13-8)3(1-12-6)7(14)9(15)16/h1-2,12H,(H,15,16). The van der Waals surface area contributed by atoms with E-state index >= 15 is 0 Å². The van der Waals surface area contributed by atoms with Crippen LogP contribution in [0.15, 0.2) is 17.0 Å². The summed E-state index contributed by atoms with van der Waals surface area (Å²) in [5.41, 5.74) is 0.0349. The number of carbonyl (C=O) groups is 2. The number of carboxylic acid groups (broad SMARTS) is 1. The van der Waals surface area contributed by atoms with Crippen molar-refractivity contribution >= 4 is 38.6 Å². The number of carbonyl (C=O) groups excluding carboxylic acids is 1. The maximum Gasteiger partial charge on any atom is 0.377 e. The number of fused-ring (bicyclic) bond motifs is 1. The van der Waals surface area contributed by atoms with E-state index in [1.54, 1.807) is 0 Å². The minimum absolute atomic E-state index is 0.0747. The summed E-state index contributed by atoms with van der Waals surface area (Å²) in [5, 5.41) is 8.49. The van der Waals surface area contributed by atoms with Crippen LogP contribution in [0.4, 0.5) is 4.39 Å². The molecule has 0 fully saturated rings. The van der Waals surface area contributed by atoms with Crippen LogP contribution in [0, 0.1) is 5.82 Å². The van der Waals surface area contributed by atoms with E-state index < -0.39 is 17.6 Å². The number of aliphatic carboxylic acids is 1. The van der Waals surface area contributed by atoms with Gasteiger partial charge in [-0.25, -0.2) is 14.2 Å². The molecule has 0 aliphatic rings. The highest BCUT2D eigenvalue weighted by molar-refractivity contribution is 9.10. The largest absolute Gasteiger partial charge is 0.475 e. The van der Waals surface area contributed by atoms with Gasteiger partial charge in [0.2, 0.25) is 0 Å². The fourth-order valence-electron chi connectivity index (χ4n) is 1.37. The molecule has 2 aromatic rings. The van der Waals surface area contributed by atoms with Gasteiger partial charge in [-0.1, -0.05) is 0 Å². The van der Waals surface area contributed by atoms with E-state index in [9.17, 15) is 14.0 Å². The molecule has 0 saturated carbocycles. The van der Waals surface area contributed by atoms with E-state index in [-0.39, 0.29) is 16.5 Å². The first-order valence-corrected chi connectivity index (χ1v) is 4.90. The molecule has 2 N–H and O–H groups in total. The second kappa shape index (κ2) is 3.67. The minimum atomic E-state index is -1.63. The first-order valence-electron chi connectivity index (χ1n) is 4.11. The molecule has 82 valence electrons. The highest BCUT2D eigenvalue weighted by atomic mass is 79.9. The minimum Gasteiger partial charge on any atom is -0.475 e. The number of halogens is 2. The van der Waals surface area contributed by atoms with Gasteiger partial charge in [0.25, 0.3) is 5.78 Å². The molecule has 0 atom stereocenters. The summed E-state index contributed by atoms with van der Waals surface area (Å²) in [6.45, 7) is 0. The predicted octanol–water partition coefficient (Wildman–Crippen LogP) is 1.73. The summed E-state index contributed by atoms with van der Waals surface area (Å²) in [7, 11) is 0. The smallest absolute Gasteiger partial charge is 0.377 e. The zero-order valence-electron chi connectivity index (χ0n) is 7.62. The summed E-state index contributed by atoms with van der Waals surface area (Å²) in [6.07, 6.45) is 2.07. The molecule has 0 unspecified atom stereocenters. The highest BCUT2D eigenvalue weighted by Gasteiger charge is 2.22. The molecule has 0 amide bonds. The molecule has 0 radical (unpaired) electrons. The lowest BCUT2D eigenvalue weighted by molar-refractivity contribution is -0.131. The van der Waals surface area contributed by atoms with Gasteiger partial charge >= 0.3 is 5.97 Å². The van der Waals surface area contributed by atoms with E-state index in [4.69, 9.17) is 5.11 Å². The number of aromatic nitrogens is 2. The Morgan fingerprint density at radius 3 is 2.81 bits per heavy atom. The van der Waals surface area contributed by atoms with Gasteiger partial charge in [0.15, 0.2) is 5.82 Å². The third-order valence-electron chi connectivity index (χ3n) is 2.06. The van der Waals surface area contributed by atoms with Crippen LogP contribution in [0.1, 0.15) is 10.4 Å². The Morgan fingerprint density at radius 1 is 1.50 bits per heavy atom. The molecule has 0 aromatic carbocycles. The highest BCUT2D eigenvalue weighted by Crippen LogP contribution is 2.26. The number of pyridine rings is 1. The van der Waals surface area contributed by atoms with Crippen LogP contribution in [0.25, 0.3) is 10.9 Å². The Bertz CT molecular complexity index is 608. The van der Waals surface area contributed by atoms with Gasteiger partial charge < -0.3 is 10.1 Å². The average Bonchev–Trinajstić information content (AvgIpc) is 2.67. The third-order valence-corrected chi connectivity index (χ3v) is 2.66. The maximum atomic E-state index is 13.4. The summed E-state index contributed by atoms with van der Waals surface area (Å²) in [4.78, 5) is 28.1. The van der Waals surface area contributed by atoms with Gasteiger partial charge in [0.1, 0.15) is 4.60 Å². The Morgan fingerprint density at radius 2 is 2.19 bits per heavy atom. The lowest BCUT2D eigenvalue weighted by Crippen LogP contribution is -2.12. The zero-order chi connectivity index (χ0) is 11.9. The molecular formula is C9H4BrFN2O3. The van der Waals surface area contributed by atoms with E-state index in [1.165, 1.54) is 0 Å². The van der Waals surface area contributed by atoms with Gasteiger partial charge in [-0.05, 0) is 15.9 Å². The molecule has 2 rings (SSSR count). The monoisotopic (exact) mass is 286 g/mol. The van der Waals surface area contributed by atoms with Crippen molar-refractivity contribution in [2.75, 3.05) is 0 Å². The van der Waals surface area contributed by atoms with Crippen molar-refractivity contribution in [3.05, 3.63) is 28.4 Å². The van der Waals surface area contributed by atoms with Crippen LogP contribution >= 0.6 is 15.9 Å². The van der Waals surface area contributed by atoms with Gasteiger partial charge in [-0.2, -0.15) is 0 Å². The van der Waals surface area contributed by atoms with Crippen LogP contribution in [0.5, 0.6) is 0 Å². The number of aromatic amines is 1. The van der Waals surface area contributed by atoms with Crippen molar-refractivity contribution in [2.45, 2.75) is 0 Å². The molecule has 16 heavy (non-hydrogen) atoms. The summed E-state index contributed by atoms with van der Waals surface area (Å²) in [5.74, 6) is -3.54. The molecule has 0 aliphatic heterocycles. The molecule has 0 spiro atoms. The fourth-order valence-corrected chi connectivity index (χ4v) is 1.79. The Balaban J connectivity index is 2.78. The van der Waals surface area contributed by atoms with Gasteiger partial charge in [-0.15, -0.1) is 0 Å². The second-order valence-electron chi connectivity index (χ2n) is 2.98. The molecular weight excluding hydrogens is 283 g/mol. The van der Waals surface area contributed by atoms with Crippen molar-refractivity contribution in [3.8, 4) is 0 Å². The zero-order valence-corrected chi connectivity index (χ0v) is 9.21. The number of H-pyrrole nitrogens is 1. The van der Waals surface area contributed by atoms with Crippen molar-refractivity contribution < 1.29 is 19.1 Å². The molecule has 2 heterocycles. The van der Waals surface area contributed by atoms with Crippen LogP contribution in [-0.2, 0) is 4.79 Å². The normalized spacial score (nSPS) is 10.6. The number of nitrogens with zero attached hydrogens (tertiary/aromatic N) is 1. The number of ketones is 1. The van der Waals surface area contributed by atoms with Crippen molar-refractivity contribution in [1.29, 1.82) is 0 Å². The molecule has 2 aromatic heterocycles. The van der Waals surface area contributed by atoms with Crippen molar-refractivity contribution in [1.82, 2.24) is 9.97 Å². The van der Waals surface area contributed by atoms with Crippen LogP contribution in [-0.4, -0.2) is 26.8 Å². The number of hydrogen-bond donors (Lipinski definition) is 2. The van der Waals surface area contributed by atoms with E-state index in [0.717, 1.165) is 12.4 Å². The van der Waals surface area contributed by atoms with Gasteiger partial charge in [-0.3, -0.25) is 4.79 Å². The first-order chi connectivity index (χ1) is 7.52. The van der Waals surface area contributed by atoms with E-state index in [1.807, 2.05) is 0 Å². The van der Waals surface area contributed by atoms with Crippen molar-refractivity contribution in [2.24, 2.45) is 0 Å². The van der Waals surface area contributed by atoms with Crippen LogP contribution in [0.3, 0.4) is 0 Å². The molecule has 5 nitrogen and oxygen atoms in total. The topological polar surface area (TPSA) is 83.0 Å². The van der Waals surface area contributed by atoms with Gasteiger partial charge in [0.05, 0.1) is 22.7 Å². The lowest BCUT2D eigenvalue weighted by atomic mass is 10.1. The fraction of sp³-hybridized carbons (Fsp3) is 0. The Hall–Kier alpha value is -1.76. The number of nitrogens with one attached hydrogen (secondary N) is 1. The Kier molecular flexibility index (Phi) is 2.47. The van der Waals surface area contributed by atoms with Crippen LogP contribution in [0.2, 0.25) is 0 Å². The third kappa shape index (κ3) is 1.49. The first kappa shape index (κ1) is 10.7. The maximum absolute atomic E-state index is 13.4. The number of rotatable bonds is 2. The van der Waals surface area contributed by atoms with E-state index in [2.05, 4.69) is 25.9 Å². The summed E-state index contributed by atoms with van der Waals surface area (Å²) < 4.78 is 13.7. The second-order valence-corrected chi connectivity index (χ2v) is 3.73. The summed E-state index contributed by atoms with van der Waals surface area (Å²) >= 11 is 3.06. The molecule has 7 heteroatoms. The molecule has 0 aliphatic carbocycles. The average molecular weight is 287 g/mol. The van der Waals surface area contributed by atoms with Gasteiger partial charge in [0, 0.05) is 6.20 Å².